The molecule has 0 saturated carbocycles. The number of benzene rings is 1. The second-order valence-corrected chi connectivity index (χ2v) is 6.89. The fourth-order valence-electron chi connectivity index (χ4n) is 3.39. The van der Waals surface area contributed by atoms with Gasteiger partial charge in [0.15, 0.2) is 5.82 Å². The second kappa shape index (κ2) is 8.62. The van der Waals surface area contributed by atoms with Gasteiger partial charge in [-0.3, -0.25) is 0 Å². The first-order valence-electron chi connectivity index (χ1n) is 9.75. The molecule has 1 aromatic heterocycles. The molecule has 0 radical (unpaired) electrons. The van der Waals surface area contributed by atoms with E-state index in [2.05, 4.69) is 54.3 Å². The summed E-state index contributed by atoms with van der Waals surface area (Å²) in [5.74, 6) is 1.80. The Bertz CT molecular complexity index is 925. The third-order valence-electron chi connectivity index (χ3n) is 4.91. The van der Waals surface area contributed by atoms with Crippen molar-refractivity contribution < 1.29 is 0 Å². The highest BCUT2D eigenvalue weighted by Crippen LogP contribution is 2.41. The molecule has 1 aliphatic heterocycles. The van der Waals surface area contributed by atoms with Crippen LogP contribution in [0.4, 0.5) is 11.5 Å². The number of hydrogen-bond donors (Lipinski definition) is 1. The Balaban J connectivity index is 1.89. The molecule has 2 heterocycles. The van der Waals surface area contributed by atoms with Crippen molar-refractivity contribution >= 4 is 11.5 Å². The van der Waals surface area contributed by atoms with E-state index >= 15 is 0 Å². The summed E-state index contributed by atoms with van der Waals surface area (Å²) < 4.78 is 0. The number of nitriles is 1. The van der Waals surface area contributed by atoms with Crippen molar-refractivity contribution in [3.63, 3.8) is 0 Å². The van der Waals surface area contributed by atoms with E-state index in [0.717, 1.165) is 60.1 Å². The van der Waals surface area contributed by atoms with Crippen LogP contribution in [0.3, 0.4) is 0 Å². The first kappa shape index (κ1) is 19.5. The highest BCUT2D eigenvalue weighted by molar-refractivity contribution is 5.83. The van der Waals surface area contributed by atoms with Crippen LogP contribution in [-0.2, 0) is 0 Å². The monoisotopic (exact) mass is 373 g/mol. The van der Waals surface area contributed by atoms with Crippen LogP contribution < -0.4 is 15.1 Å². The van der Waals surface area contributed by atoms with Gasteiger partial charge in [-0.2, -0.15) is 5.26 Å². The van der Waals surface area contributed by atoms with Gasteiger partial charge >= 0.3 is 0 Å². The molecule has 0 fully saturated rings. The second-order valence-electron chi connectivity index (χ2n) is 6.89. The van der Waals surface area contributed by atoms with Gasteiger partial charge in [0.05, 0.1) is 23.9 Å². The summed E-state index contributed by atoms with van der Waals surface area (Å²) in [6, 6.07) is 11.9. The van der Waals surface area contributed by atoms with E-state index in [9.17, 15) is 0 Å². The maximum Gasteiger partial charge on any atom is 0.158 e. The lowest BCUT2D eigenvalue weighted by molar-refractivity contribution is 0.696. The summed E-state index contributed by atoms with van der Waals surface area (Å²) in [6.07, 6.45) is 4.14. The minimum atomic E-state index is 0.641. The molecular weight excluding hydrogens is 346 g/mol. The third kappa shape index (κ3) is 3.86. The predicted octanol–water partition coefficient (Wildman–Crippen LogP) is 4.64. The normalized spacial score (nSPS) is 12.7. The fourth-order valence-corrected chi connectivity index (χ4v) is 3.39. The first-order chi connectivity index (χ1) is 13.6. The van der Waals surface area contributed by atoms with Gasteiger partial charge in [0.25, 0.3) is 0 Å². The summed E-state index contributed by atoms with van der Waals surface area (Å²) in [7, 11) is 0. The molecule has 0 unspecified atom stereocenters. The summed E-state index contributed by atoms with van der Waals surface area (Å²) >= 11 is 0. The van der Waals surface area contributed by atoms with E-state index in [-0.39, 0.29) is 0 Å². The molecule has 0 saturated heterocycles. The molecule has 1 aromatic carbocycles. The maximum atomic E-state index is 9.17. The lowest BCUT2D eigenvalue weighted by Gasteiger charge is -2.23. The van der Waals surface area contributed by atoms with E-state index in [4.69, 9.17) is 10.2 Å². The van der Waals surface area contributed by atoms with Crippen LogP contribution in [0.2, 0.25) is 0 Å². The zero-order valence-corrected chi connectivity index (χ0v) is 16.7. The summed E-state index contributed by atoms with van der Waals surface area (Å²) in [5.41, 5.74) is 4.62. The van der Waals surface area contributed by atoms with E-state index in [0.29, 0.717) is 12.1 Å². The fraction of sp³-hybridized carbons (Fsp3) is 0.304. The molecule has 5 heteroatoms. The smallest absolute Gasteiger partial charge is 0.158 e. The minimum absolute atomic E-state index is 0.641. The van der Waals surface area contributed by atoms with Gasteiger partial charge in [0.2, 0.25) is 0 Å². The van der Waals surface area contributed by atoms with Crippen LogP contribution in [-0.4, -0.2) is 24.6 Å². The molecule has 3 rings (SSSR count). The van der Waals surface area contributed by atoms with Crippen LogP contribution >= 0.6 is 0 Å². The van der Waals surface area contributed by atoms with Gasteiger partial charge in [-0.1, -0.05) is 38.6 Å². The molecule has 1 N–H and O–H groups in total. The minimum Gasteiger partial charge on any atom is -0.387 e. The molecule has 28 heavy (non-hydrogen) atoms. The van der Waals surface area contributed by atoms with Gasteiger partial charge in [-0.25, -0.2) is 4.98 Å². The zero-order chi connectivity index (χ0) is 20.1. The van der Waals surface area contributed by atoms with Crippen LogP contribution in [0, 0.1) is 11.3 Å². The topological polar surface area (TPSA) is 55.2 Å². The summed E-state index contributed by atoms with van der Waals surface area (Å²) in [6.45, 7) is 15.1. The molecule has 0 aliphatic carbocycles. The number of hydrogen-bond acceptors (Lipinski definition) is 5. The Morgan fingerprint density at radius 2 is 2.04 bits per heavy atom. The highest BCUT2D eigenvalue weighted by Gasteiger charge is 2.31. The van der Waals surface area contributed by atoms with Gasteiger partial charge in [0.1, 0.15) is 5.82 Å². The van der Waals surface area contributed by atoms with E-state index in [1.54, 1.807) is 0 Å². The number of nitrogens with one attached hydrogen (secondary N) is 1. The zero-order valence-electron chi connectivity index (χ0n) is 16.7. The van der Waals surface area contributed by atoms with Gasteiger partial charge < -0.3 is 15.1 Å². The molecule has 2 aromatic rings. The number of rotatable bonds is 8. The quantitative estimate of drug-likeness (QED) is 0.683. The highest BCUT2D eigenvalue weighted by atomic mass is 15.4. The van der Waals surface area contributed by atoms with E-state index in [1.165, 1.54) is 0 Å². The van der Waals surface area contributed by atoms with Crippen molar-refractivity contribution in [1.29, 1.82) is 5.26 Å². The van der Waals surface area contributed by atoms with Crippen molar-refractivity contribution in [2.45, 2.75) is 26.7 Å². The summed E-state index contributed by atoms with van der Waals surface area (Å²) in [4.78, 5) is 9.01. The molecular formula is C23H27N5. The van der Waals surface area contributed by atoms with Crippen molar-refractivity contribution in [3.8, 4) is 17.2 Å². The Morgan fingerprint density at radius 3 is 2.75 bits per heavy atom. The van der Waals surface area contributed by atoms with Crippen molar-refractivity contribution in [2.24, 2.45) is 0 Å². The average molecular weight is 374 g/mol. The van der Waals surface area contributed by atoms with Crippen LogP contribution in [0.5, 0.6) is 0 Å². The average Bonchev–Trinajstić information content (AvgIpc) is 2.98. The number of anilines is 2. The maximum absolute atomic E-state index is 9.17. The van der Waals surface area contributed by atoms with Crippen LogP contribution in [0.25, 0.3) is 11.1 Å². The summed E-state index contributed by atoms with van der Waals surface area (Å²) in [5, 5.41) is 12.6. The third-order valence-corrected chi connectivity index (χ3v) is 4.91. The van der Waals surface area contributed by atoms with E-state index in [1.807, 2.05) is 30.5 Å². The number of unbranched alkanes of at least 4 members (excludes halogenated alkanes) is 1. The van der Waals surface area contributed by atoms with Gasteiger partial charge in [-0.05, 0) is 37.1 Å². The number of nitrogens with zero attached hydrogens (tertiary/aromatic N) is 4. The molecule has 0 bridgehead atoms. The SMILES string of the molecule is C=C(CN1C(=C)N(CC)c2cc(-c3cccc(C#N)c3)cnc21)NCCCC. The van der Waals surface area contributed by atoms with Crippen LogP contribution in [0.15, 0.2) is 61.2 Å². The number of fused-ring (bicyclic) bond motifs is 1. The van der Waals surface area contributed by atoms with E-state index < -0.39 is 0 Å². The van der Waals surface area contributed by atoms with Crippen molar-refractivity contribution in [3.05, 3.63) is 66.8 Å². The van der Waals surface area contributed by atoms with Crippen LogP contribution in [0.1, 0.15) is 32.3 Å². The molecule has 0 spiro atoms. The first-order valence-corrected chi connectivity index (χ1v) is 9.75. The largest absolute Gasteiger partial charge is 0.387 e. The Morgan fingerprint density at radius 1 is 1.21 bits per heavy atom. The van der Waals surface area contributed by atoms with Gasteiger partial charge in [0, 0.05) is 30.5 Å². The lowest BCUT2D eigenvalue weighted by Crippen LogP contribution is -2.32. The lowest BCUT2D eigenvalue weighted by atomic mass is 10.0. The molecule has 0 atom stereocenters. The van der Waals surface area contributed by atoms with Gasteiger partial charge in [-0.15, -0.1) is 0 Å². The Labute approximate surface area is 167 Å². The Hall–Kier alpha value is -3.26. The molecule has 0 amide bonds. The predicted molar refractivity (Wildman–Crippen MR) is 116 cm³/mol. The van der Waals surface area contributed by atoms with Crippen molar-refractivity contribution in [2.75, 3.05) is 29.4 Å². The van der Waals surface area contributed by atoms with Crippen molar-refractivity contribution in [1.82, 2.24) is 10.3 Å². The number of pyridine rings is 1. The molecule has 1 aliphatic rings. The standard InChI is InChI=1S/C23H27N5/c1-5-7-11-25-17(3)16-28-18(4)27(6-2)22-13-21(15-26-23(22)28)20-10-8-9-19(12-20)14-24/h8-10,12-13,15,25H,3-7,11,16H2,1-2H3. The Kier molecular flexibility index (Phi) is 6.00. The number of aromatic nitrogens is 1. The molecule has 144 valence electrons. The molecule has 5 nitrogen and oxygen atoms in total.